The number of rotatable bonds is 1. The van der Waals surface area contributed by atoms with Crippen LogP contribution in [-0.2, 0) is 0 Å². The van der Waals surface area contributed by atoms with Gasteiger partial charge in [-0.25, -0.2) is 0 Å². The summed E-state index contributed by atoms with van der Waals surface area (Å²) < 4.78 is 1.09. The Morgan fingerprint density at radius 3 is 2.00 bits per heavy atom. The van der Waals surface area contributed by atoms with Gasteiger partial charge in [-0.3, -0.25) is 0 Å². The summed E-state index contributed by atoms with van der Waals surface area (Å²) >= 11 is 9.72. The lowest BCUT2D eigenvalue weighted by Crippen LogP contribution is -2.12. The highest BCUT2D eigenvalue weighted by molar-refractivity contribution is 9.10. The summed E-state index contributed by atoms with van der Waals surface area (Å²) in [4.78, 5) is 0. The van der Waals surface area contributed by atoms with E-state index in [1.807, 2.05) is 12.1 Å². The highest BCUT2D eigenvalue weighted by atomic mass is 79.9. The molecule has 72 valence electrons. The van der Waals surface area contributed by atoms with Gasteiger partial charge in [0.25, 0.3) is 0 Å². The first-order chi connectivity index (χ1) is 5.91. The predicted octanol–water partition coefficient (Wildman–Crippen LogP) is 4.78. The van der Waals surface area contributed by atoms with Crippen LogP contribution in [0.5, 0.6) is 0 Å². The van der Waals surface area contributed by atoms with Crippen molar-refractivity contribution in [3.05, 3.63) is 34.3 Å². The third-order valence-electron chi connectivity index (χ3n) is 1.92. The van der Waals surface area contributed by atoms with E-state index in [1.165, 1.54) is 5.56 Å². The molecule has 1 rings (SSSR count). The van der Waals surface area contributed by atoms with Gasteiger partial charge in [0, 0.05) is 4.47 Å². The maximum atomic E-state index is 6.32. The molecule has 13 heavy (non-hydrogen) atoms. The van der Waals surface area contributed by atoms with E-state index in [0.717, 1.165) is 4.47 Å². The summed E-state index contributed by atoms with van der Waals surface area (Å²) in [6.07, 6.45) is 0. The van der Waals surface area contributed by atoms with Crippen molar-refractivity contribution < 1.29 is 0 Å². The van der Waals surface area contributed by atoms with Gasteiger partial charge in [-0.1, -0.05) is 48.8 Å². The van der Waals surface area contributed by atoms with Gasteiger partial charge >= 0.3 is 0 Å². The Kier molecular flexibility index (Phi) is 3.42. The van der Waals surface area contributed by atoms with Crippen LogP contribution >= 0.6 is 27.5 Å². The molecule has 0 amide bonds. The Morgan fingerprint density at radius 2 is 1.62 bits per heavy atom. The maximum absolute atomic E-state index is 6.32. The van der Waals surface area contributed by atoms with Crippen LogP contribution < -0.4 is 0 Å². The van der Waals surface area contributed by atoms with E-state index in [-0.39, 0.29) is 10.8 Å². The van der Waals surface area contributed by atoms with Gasteiger partial charge in [0.15, 0.2) is 0 Å². The summed E-state index contributed by atoms with van der Waals surface area (Å²) in [5.41, 5.74) is 1.28. The Morgan fingerprint density at radius 1 is 1.15 bits per heavy atom. The number of hydrogen-bond acceptors (Lipinski definition) is 0. The molecule has 0 heterocycles. The van der Waals surface area contributed by atoms with Crippen molar-refractivity contribution in [3.8, 4) is 0 Å². The molecule has 0 N–H and O–H groups in total. The van der Waals surface area contributed by atoms with E-state index in [4.69, 9.17) is 11.6 Å². The van der Waals surface area contributed by atoms with Crippen LogP contribution in [0.25, 0.3) is 0 Å². The summed E-state index contributed by atoms with van der Waals surface area (Å²) in [6.45, 7) is 6.44. The summed E-state index contributed by atoms with van der Waals surface area (Å²) in [6, 6.07) is 8.17. The average molecular weight is 262 g/mol. The van der Waals surface area contributed by atoms with E-state index in [2.05, 4.69) is 48.8 Å². The molecule has 0 aliphatic rings. The van der Waals surface area contributed by atoms with Crippen LogP contribution in [-0.4, -0.2) is 0 Å². The molecule has 0 aliphatic carbocycles. The van der Waals surface area contributed by atoms with Gasteiger partial charge in [-0.05, 0) is 23.1 Å². The van der Waals surface area contributed by atoms with Crippen LogP contribution in [0.3, 0.4) is 0 Å². The quantitative estimate of drug-likeness (QED) is 0.639. The zero-order valence-electron chi connectivity index (χ0n) is 8.14. The first-order valence-electron chi connectivity index (χ1n) is 4.31. The highest BCUT2D eigenvalue weighted by Crippen LogP contribution is 2.38. The van der Waals surface area contributed by atoms with Crippen LogP contribution in [0.1, 0.15) is 31.7 Å². The molecule has 0 aliphatic heterocycles. The average Bonchev–Trinajstić information content (AvgIpc) is 2.03. The van der Waals surface area contributed by atoms with Crippen LogP contribution in [0.2, 0.25) is 0 Å². The SMILES string of the molecule is CC(C)(C)C(Cl)c1ccc(Br)cc1. The lowest BCUT2D eigenvalue weighted by atomic mass is 9.87. The normalized spacial score (nSPS) is 14.2. The monoisotopic (exact) mass is 260 g/mol. The van der Waals surface area contributed by atoms with E-state index >= 15 is 0 Å². The molecule has 1 aromatic rings. The van der Waals surface area contributed by atoms with Gasteiger partial charge in [0.1, 0.15) is 0 Å². The molecule has 0 nitrogen and oxygen atoms in total. The zero-order chi connectivity index (χ0) is 10.1. The molecule has 0 radical (unpaired) electrons. The Bertz CT molecular complexity index is 271. The van der Waals surface area contributed by atoms with Crippen molar-refractivity contribution in [3.63, 3.8) is 0 Å². The minimum atomic E-state index is 0.0700. The molecule has 0 saturated carbocycles. The molecule has 0 spiro atoms. The first-order valence-corrected chi connectivity index (χ1v) is 5.54. The van der Waals surface area contributed by atoms with E-state index in [1.54, 1.807) is 0 Å². The molecule has 0 saturated heterocycles. The number of alkyl halides is 1. The predicted molar refractivity (Wildman–Crippen MR) is 62.2 cm³/mol. The van der Waals surface area contributed by atoms with Crippen molar-refractivity contribution in [1.82, 2.24) is 0 Å². The summed E-state index contributed by atoms with van der Waals surface area (Å²) in [5, 5.41) is 0.0700. The van der Waals surface area contributed by atoms with Crippen LogP contribution in [0, 0.1) is 5.41 Å². The molecule has 1 aromatic carbocycles. The van der Waals surface area contributed by atoms with E-state index < -0.39 is 0 Å². The summed E-state index contributed by atoms with van der Waals surface area (Å²) in [7, 11) is 0. The highest BCUT2D eigenvalue weighted by Gasteiger charge is 2.23. The van der Waals surface area contributed by atoms with Crippen molar-refractivity contribution in [2.75, 3.05) is 0 Å². The van der Waals surface area contributed by atoms with Crippen molar-refractivity contribution in [1.29, 1.82) is 0 Å². The van der Waals surface area contributed by atoms with Crippen molar-refractivity contribution >= 4 is 27.5 Å². The van der Waals surface area contributed by atoms with Crippen LogP contribution in [0.4, 0.5) is 0 Å². The Balaban J connectivity index is 2.90. The molecule has 0 fully saturated rings. The van der Waals surface area contributed by atoms with E-state index in [0.29, 0.717) is 0 Å². The molecular weight excluding hydrogens is 247 g/mol. The van der Waals surface area contributed by atoms with Gasteiger partial charge < -0.3 is 0 Å². The zero-order valence-corrected chi connectivity index (χ0v) is 10.5. The number of halogens is 2. The van der Waals surface area contributed by atoms with Gasteiger partial charge in [-0.15, -0.1) is 11.6 Å². The lowest BCUT2D eigenvalue weighted by molar-refractivity contribution is 0.396. The topological polar surface area (TPSA) is 0 Å². The number of benzene rings is 1. The molecule has 1 atom stereocenters. The number of hydrogen-bond donors (Lipinski definition) is 0. The minimum Gasteiger partial charge on any atom is -0.117 e. The fraction of sp³-hybridized carbons (Fsp3) is 0.455. The van der Waals surface area contributed by atoms with Gasteiger partial charge in [0.2, 0.25) is 0 Å². The van der Waals surface area contributed by atoms with E-state index in [9.17, 15) is 0 Å². The first kappa shape index (κ1) is 11.1. The fourth-order valence-electron chi connectivity index (χ4n) is 1.13. The fourth-order valence-corrected chi connectivity index (χ4v) is 1.54. The third kappa shape index (κ3) is 2.99. The molecule has 0 aromatic heterocycles. The third-order valence-corrected chi connectivity index (χ3v) is 3.36. The van der Waals surface area contributed by atoms with Crippen molar-refractivity contribution in [2.45, 2.75) is 26.1 Å². The molecule has 0 bridgehead atoms. The maximum Gasteiger partial charge on any atom is 0.0633 e. The lowest BCUT2D eigenvalue weighted by Gasteiger charge is -2.25. The smallest absolute Gasteiger partial charge is 0.0633 e. The van der Waals surface area contributed by atoms with Crippen molar-refractivity contribution in [2.24, 2.45) is 5.41 Å². The Labute approximate surface area is 93.4 Å². The Hall–Kier alpha value is -0.0100. The molecular formula is C11H14BrCl. The molecule has 2 heteroatoms. The molecule has 1 unspecified atom stereocenters. The second-order valence-corrected chi connectivity index (χ2v) is 5.63. The largest absolute Gasteiger partial charge is 0.117 e. The van der Waals surface area contributed by atoms with Crippen LogP contribution in [0.15, 0.2) is 28.7 Å². The summed E-state index contributed by atoms with van der Waals surface area (Å²) in [5.74, 6) is 0. The standard InChI is InChI=1S/C11H14BrCl/c1-11(2,3)10(13)8-4-6-9(12)7-5-8/h4-7,10H,1-3H3. The minimum absolute atomic E-state index is 0.0700. The second kappa shape index (κ2) is 4.02. The van der Waals surface area contributed by atoms with Gasteiger partial charge in [0.05, 0.1) is 5.38 Å². The second-order valence-electron chi connectivity index (χ2n) is 4.28. The van der Waals surface area contributed by atoms with Gasteiger partial charge in [-0.2, -0.15) is 0 Å².